The minimum Gasteiger partial charge on any atom is -0.449 e. The van der Waals surface area contributed by atoms with Crippen molar-refractivity contribution in [3.8, 4) is 0 Å². The number of rotatable bonds is 5. The van der Waals surface area contributed by atoms with Gasteiger partial charge >= 0.3 is 12.0 Å². The summed E-state index contributed by atoms with van der Waals surface area (Å²) in [6, 6.07) is 20.0. The lowest BCUT2D eigenvalue weighted by atomic mass is 10.0. The molecule has 4 rings (SSSR count). The molecule has 2 heterocycles. The highest BCUT2D eigenvalue weighted by atomic mass is 16.5. The molecule has 0 radical (unpaired) electrons. The van der Waals surface area contributed by atoms with Crippen molar-refractivity contribution >= 4 is 17.7 Å². The molecule has 1 N–H and O–H groups in total. The summed E-state index contributed by atoms with van der Waals surface area (Å²) in [6.07, 6.45) is 2.82. The zero-order chi connectivity index (χ0) is 19.3. The SMILES string of the molecule is O=C(O[C@@H](c1ccccc1)c1ccncc1)c1ccc(N2CCNC2=O)cc1. The number of hydrogen-bond donors (Lipinski definition) is 1. The van der Waals surface area contributed by atoms with Gasteiger partial charge in [0.05, 0.1) is 5.56 Å². The topological polar surface area (TPSA) is 71.5 Å². The Kier molecular flexibility index (Phi) is 5.01. The predicted octanol–water partition coefficient (Wildman–Crippen LogP) is 3.56. The third-order valence-electron chi connectivity index (χ3n) is 4.61. The summed E-state index contributed by atoms with van der Waals surface area (Å²) >= 11 is 0. The fourth-order valence-corrected chi connectivity index (χ4v) is 3.17. The van der Waals surface area contributed by atoms with Crippen molar-refractivity contribution in [1.82, 2.24) is 10.3 Å². The lowest BCUT2D eigenvalue weighted by Gasteiger charge is -2.19. The molecule has 2 amide bonds. The number of esters is 1. The fourth-order valence-electron chi connectivity index (χ4n) is 3.17. The van der Waals surface area contributed by atoms with E-state index in [0.29, 0.717) is 18.7 Å². The van der Waals surface area contributed by atoms with Gasteiger partial charge in [0, 0.05) is 36.7 Å². The van der Waals surface area contributed by atoms with Gasteiger partial charge in [-0.05, 0) is 42.0 Å². The Bertz CT molecular complexity index is 920. The first-order valence-electron chi connectivity index (χ1n) is 9.03. The number of aromatic nitrogens is 1. The summed E-state index contributed by atoms with van der Waals surface area (Å²) in [5, 5.41) is 2.76. The molecule has 28 heavy (non-hydrogen) atoms. The van der Waals surface area contributed by atoms with E-state index in [1.165, 1.54) is 0 Å². The first kappa shape index (κ1) is 17.7. The lowest BCUT2D eigenvalue weighted by Crippen LogP contribution is -2.27. The summed E-state index contributed by atoms with van der Waals surface area (Å²) in [4.78, 5) is 30.2. The highest BCUT2D eigenvalue weighted by Gasteiger charge is 2.23. The Hall–Kier alpha value is -3.67. The minimum absolute atomic E-state index is 0.128. The maximum Gasteiger partial charge on any atom is 0.339 e. The molecule has 1 saturated heterocycles. The Balaban J connectivity index is 1.55. The van der Waals surface area contributed by atoms with E-state index < -0.39 is 12.1 Å². The molecule has 6 heteroatoms. The maximum atomic E-state index is 12.8. The monoisotopic (exact) mass is 373 g/mol. The van der Waals surface area contributed by atoms with E-state index in [4.69, 9.17) is 4.74 Å². The number of hydrogen-bond acceptors (Lipinski definition) is 4. The molecule has 0 spiro atoms. The minimum atomic E-state index is -0.527. The zero-order valence-corrected chi connectivity index (χ0v) is 15.1. The van der Waals surface area contributed by atoms with Crippen LogP contribution in [0.15, 0.2) is 79.1 Å². The summed E-state index contributed by atoms with van der Waals surface area (Å²) in [5.74, 6) is -0.428. The smallest absolute Gasteiger partial charge is 0.339 e. The summed E-state index contributed by atoms with van der Waals surface area (Å²) in [6.45, 7) is 1.23. The van der Waals surface area contributed by atoms with Gasteiger partial charge in [-0.3, -0.25) is 9.88 Å². The van der Waals surface area contributed by atoms with Gasteiger partial charge in [-0.2, -0.15) is 0 Å². The molecule has 0 saturated carbocycles. The van der Waals surface area contributed by atoms with Gasteiger partial charge in [-0.15, -0.1) is 0 Å². The number of carbonyl (C=O) groups excluding carboxylic acids is 2. The van der Waals surface area contributed by atoms with Crippen LogP contribution in [0.2, 0.25) is 0 Å². The van der Waals surface area contributed by atoms with Gasteiger partial charge in [0.25, 0.3) is 0 Å². The molecule has 0 aliphatic carbocycles. The number of ether oxygens (including phenoxy) is 1. The van der Waals surface area contributed by atoms with Crippen molar-refractivity contribution in [2.75, 3.05) is 18.0 Å². The number of urea groups is 1. The predicted molar refractivity (Wildman–Crippen MR) is 105 cm³/mol. The highest BCUT2D eigenvalue weighted by molar-refractivity contribution is 5.95. The average molecular weight is 373 g/mol. The van der Waals surface area contributed by atoms with E-state index in [2.05, 4.69) is 10.3 Å². The van der Waals surface area contributed by atoms with Gasteiger partial charge < -0.3 is 10.1 Å². The Morgan fingerprint density at radius 1 is 0.964 bits per heavy atom. The first-order chi connectivity index (χ1) is 13.7. The van der Waals surface area contributed by atoms with Crippen LogP contribution in [0.5, 0.6) is 0 Å². The third kappa shape index (κ3) is 3.71. The van der Waals surface area contributed by atoms with E-state index in [1.54, 1.807) is 41.6 Å². The molecule has 3 aromatic rings. The van der Waals surface area contributed by atoms with E-state index in [0.717, 1.165) is 16.8 Å². The van der Waals surface area contributed by atoms with Crippen LogP contribution in [0.1, 0.15) is 27.6 Å². The van der Waals surface area contributed by atoms with Gasteiger partial charge in [0.2, 0.25) is 0 Å². The van der Waals surface area contributed by atoms with E-state index in [1.807, 2.05) is 42.5 Å². The second-order valence-corrected chi connectivity index (χ2v) is 6.41. The fraction of sp³-hybridized carbons (Fsp3) is 0.136. The van der Waals surface area contributed by atoms with Crippen LogP contribution in [0, 0.1) is 0 Å². The maximum absolute atomic E-state index is 12.8. The molecule has 1 aromatic heterocycles. The Morgan fingerprint density at radius 3 is 2.29 bits per heavy atom. The van der Waals surface area contributed by atoms with Gasteiger partial charge in [0.15, 0.2) is 6.10 Å². The summed E-state index contributed by atoms with van der Waals surface area (Å²) in [7, 11) is 0. The van der Waals surface area contributed by atoms with Crippen molar-refractivity contribution in [2.45, 2.75) is 6.10 Å². The van der Waals surface area contributed by atoms with Gasteiger partial charge in [-0.1, -0.05) is 30.3 Å². The van der Waals surface area contributed by atoms with Gasteiger partial charge in [0.1, 0.15) is 0 Å². The second kappa shape index (κ2) is 7.92. The van der Waals surface area contributed by atoms with E-state index >= 15 is 0 Å². The normalized spacial score (nSPS) is 14.4. The molecule has 1 fully saturated rings. The molecule has 6 nitrogen and oxygen atoms in total. The molecule has 2 aromatic carbocycles. The zero-order valence-electron chi connectivity index (χ0n) is 15.1. The van der Waals surface area contributed by atoms with Crippen LogP contribution in [-0.2, 0) is 4.74 Å². The summed E-state index contributed by atoms with van der Waals surface area (Å²) < 4.78 is 5.84. The number of carbonyl (C=O) groups is 2. The van der Waals surface area contributed by atoms with Crippen LogP contribution in [0.25, 0.3) is 0 Å². The summed E-state index contributed by atoms with van der Waals surface area (Å²) in [5.41, 5.74) is 2.91. The number of anilines is 1. The molecular weight excluding hydrogens is 354 g/mol. The largest absolute Gasteiger partial charge is 0.449 e. The van der Waals surface area contributed by atoms with Crippen LogP contribution >= 0.6 is 0 Å². The van der Waals surface area contributed by atoms with Crippen LogP contribution in [0.4, 0.5) is 10.5 Å². The van der Waals surface area contributed by atoms with Gasteiger partial charge in [-0.25, -0.2) is 9.59 Å². The molecular formula is C22H19N3O3. The Labute approximate surface area is 162 Å². The lowest BCUT2D eigenvalue weighted by molar-refractivity contribution is 0.0378. The number of benzene rings is 2. The van der Waals surface area contributed by atoms with Crippen LogP contribution < -0.4 is 10.2 Å². The van der Waals surface area contributed by atoms with Crippen molar-refractivity contribution < 1.29 is 14.3 Å². The molecule has 1 aliphatic rings. The average Bonchev–Trinajstić information content (AvgIpc) is 3.19. The van der Waals surface area contributed by atoms with E-state index in [-0.39, 0.29) is 6.03 Å². The third-order valence-corrected chi connectivity index (χ3v) is 4.61. The number of nitrogens with one attached hydrogen (secondary N) is 1. The number of nitrogens with zero attached hydrogens (tertiary/aromatic N) is 2. The van der Waals surface area contributed by atoms with Crippen molar-refractivity contribution in [2.24, 2.45) is 0 Å². The van der Waals surface area contributed by atoms with Crippen LogP contribution in [0.3, 0.4) is 0 Å². The quantitative estimate of drug-likeness (QED) is 0.694. The van der Waals surface area contributed by atoms with Crippen molar-refractivity contribution in [3.05, 3.63) is 95.8 Å². The first-order valence-corrected chi connectivity index (χ1v) is 9.03. The molecule has 0 bridgehead atoms. The van der Waals surface area contributed by atoms with Crippen LogP contribution in [-0.4, -0.2) is 30.1 Å². The van der Waals surface area contributed by atoms with Crippen molar-refractivity contribution in [3.63, 3.8) is 0 Å². The number of pyridine rings is 1. The molecule has 140 valence electrons. The van der Waals surface area contributed by atoms with Crippen molar-refractivity contribution in [1.29, 1.82) is 0 Å². The molecule has 1 atom stereocenters. The standard InChI is InChI=1S/C22H19N3O3/c26-21(18-6-8-19(9-7-18)25-15-14-24-22(25)27)28-20(16-4-2-1-3-5-16)17-10-12-23-13-11-17/h1-13,20H,14-15H2,(H,24,27)/t20-/m0/s1. The number of amides is 2. The highest BCUT2D eigenvalue weighted by Crippen LogP contribution is 2.27. The Morgan fingerprint density at radius 2 is 1.64 bits per heavy atom. The molecule has 1 aliphatic heterocycles. The van der Waals surface area contributed by atoms with E-state index in [9.17, 15) is 9.59 Å². The second-order valence-electron chi connectivity index (χ2n) is 6.41. The molecule has 0 unspecified atom stereocenters.